The summed E-state index contributed by atoms with van der Waals surface area (Å²) < 4.78 is 26.6. The maximum Gasteiger partial charge on any atom is 0.333 e. The normalized spacial score (nSPS) is 15.5. The number of anilines is 2. The number of nitrogens with one attached hydrogen (secondary N) is 2. The van der Waals surface area contributed by atoms with E-state index in [2.05, 4.69) is 15.3 Å². The second kappa shape index (κ2) is 9.57. The van der Waals surface area contributed by atoms with Crippen LogP contribution < -0.4 is 14.9 Å². The van der Waals surface area contributed by atoms with E-state index >= 15 is 0 Å². The number of sulfonamides is 1. The van der Waals surface area contributed by atoms with Crippen molar-refractivity contribution in [1.82, 2.24) is 14.6 Å². The molecule has 0 saturated carbocycles. The van der Waals surface area contributed by atoms with E-state index in [9.17, 15) is 22.8 Å². The van der Waals surface area contributed by atoms with Crippen molar-refractivity contribution >= 4 is 68.1 Å². The number of hydrogen-bond acceptors (Lipinski definition) is 9. The van der Waals surface area contributed by atoms with Gasteiger partial charge in [-0.3, -0.25) is 14.6 Å². The average molecular weight is 559 g/mol. The molecule has 0 fully saturated rings. The highest BCUT2D eigenvalue weighted by atomic mass is 35.5. The highest BCUT2D eigenvalue weighted by Crippen LogP contribution is 2.27. The summed E-state index contributed by atoms with van der Waals surface area (Å²) in [5.74, 6) is -0.0449. The predicted octanol–water partition coefficient (Wildman–Crippen LogP) is 2.73. The third kappa shape index (κ3) is 4.92. The van der Waals surface area contributed by atoms with E-state index in [0.29, 0.717) is 17.7 Å². The van der Waals surface area contributed by atoms with Crippen molar-refractivity contribution < 1.29 is 22.8 Å². The Labute approximate surface area is 220 Å². The number of amidine groups is 1. The number of halogens is 1. The first-order valence-electron chi connectivity index (χ1n) is 10.9. The lowest BCUT2D eigenvalue weighted by Gasteiger charge is -2.26. The van der Waals surface area contributed by atoms with Crippen LogP contribution in [-0.4, -0.2) is 62.1 Å². The number of likely N-dealkylation sites (N-methyl/N-ethyl adjacent to an activating group) is 1. The molecule has 0 bridgehead atoms. The first-order chi connectivity index (χ1) is 17.6. The highest BCUT2D eigenvalue weighted by Gasteiger charge is 2.33. The molecule has 0 spiro atoms. The summed E-state index contributed by atoms with van der Waals surface area (Å²) in [5, 5.41) is 2.36. The number of aliphatic imine (C=N–C) groups is 1. The smallest absolute Gasteiger partial charge is 0.333 e. The number of aromatic nitrogens is 1. The van der Waals surface area contributed by atoms with Gasteiger partial charge in [0, 0.05) is 24.7 Å². The van der Waals surface area contributed by atoms with Gasteiger partial charge in [0.1, 0.15) is 15.9 Å². The monoisotopic (exact) mass is 558 g/mol. The van der Waals surface area contributed by atoms with Gasteiger partial charge in [0.25, 0.3) is 15.9 Å². The van der Waals surface area contributed by atoms with Crippen LogP contribution in [0.5, 0.6) is 0 Å². The molecule has 0 aliphatic carbocycles. The van der Waals surface area contributed by atoms with Crippen molar-refractivity contribution in [3.05, 3.63) is 69.7 Å². The Balaban J connectivity index is 1.29. The molecule has 0 radical (unpaired) electrons. The summed E-state index contributed by atoms with van der Waals surface area (Å²) in [7, 11) is -2.15. The summed E-state index contributed by atoms with van der Waals surface area (Å²) in [6, 6.07) is 9.79. The number of imide groups is 1. The lowest BCUT2D eigenvalue weighted by atomic mass is 9.95. The number of carbonyl (C=O) groups excluding carboxylic acids is 3. The first kappa shape index (κ1) is 24.9. The van der Waals surface area contributed by atoms with Crippen LogP contribution in [-0.2, 0) is 21.2 Å². The predicted molar refractivity (Wildman–Crippen MR) is 139 cm³/mol. The molecule has 2 N–H and O–H groups in total. The number of carbonyl (C=O) groups is 3. The van der Waals surface area contributed by atoms with Gasteiger partial charge in [0.2, 0.25) is 5.91 Å². The zero-order valence-electron chi connectivity index (χ0n) is 19.3. The number of thiophene rings is 1. The lowest BCUT2D eigenvalue weighted by Crippen LogP contribution is -2.43. The molecular weight excluding hydrogens is 540 g/mol. The van der Waals surface area contributed by atoms with E-state index in [1.807, 2.05) is 28.8 Å². The van der Waals surface area contributed by atoms with Crippen molar-refractivity contribution in [2.45, 2.75) is 10.6 Å². The number of rotatable bonds is 5. The van der Waals surface area contributed by atoms with Crippen molar-refractivity contribution in [3.63, 3.8) is 0 Å². The number of hydrogen-bond donors (Lipinski definition) is 2. The summed E-state index contributed by atoms with van der Waals surface area (Å²) in [4.78, 5) is 49.8. The Morgan fingerprint density at radius 1 is 1.14 bits per heavy atom. The second-order valence-electron chi connectivity index (χ2n) is 8.23. The summed E-state index contributed by atoms with van der Waals surface area (Å²) >= 11 is 6.57. The second-order valence-corrected chi connectivity index (χ2v) is 11.9. The minimum atomic E-state index is -4.09. The molecule has 5 rings (SSSR count). The molecular formula is C23H19ClN6O5S2. The van der Waals surface area contributed by atoms with Gasteiger partial charge in [-0.2, -0.15) is 0 Å². The van der Waals surface area contributed by atoms with E-state index in [4.69, 9.17) is 11.6 Å². The zero-order chi connectivity index (χ0) is 26.3. The van der Waals surface area contributed by atoms with E-state index < -0.39 is 27.9 Å². The fourth-order valence-corrected chi connectivity index (χ4v) is 6.39. The molecule has 1 aromatic carbocycles. The molecule has 2 aromatic heterocycles. The van der Waals surface area contributed by atoms with Gasteiger partial charge in [-0.05, 0) is 42.0 Å². The number of amides is 4. The lowest BCUT2D eigenvalue weighted by molar-refractivity contribution is -0.117. The van der Waals surface area contributed by atoms with Gasteiger partial charge in [0.15, 0.2) is 0 Å². The number of benzene rings is 1. The molecule has 11 nitrogen and oxygen atoms in total. The number of pyridine rings is 1. The van der Waals surface area contributed by atoms with Gasteiger partial charge in [0.05, 0.1) is 29.2 Å². The fraction of sp³-hybridized carbons (Fsp3) is 0.174. The summed E-state index contributed by atoms with van der Waals surface area (Å²) in [6.45, 7) is 1.52. The Hall–Kier alpha value is -3.81. The van der Waals surface area contributed by atoms with Crippen molar-refractivity contribution in [3.8, 4) is 0 Å². The van der Waals surface area contributed by atoms with Gasteiger partial charge >= 0.3 is 6.03 Å². The SMILES string of the molecule is CN1CCN=C1c1ccc2c(c1)CC(=O)N(c1ccc(NC(=O)NS(=O)(=O)c3ccc(Cl)s3)cn1)C2=O. The summed E-state index contributed by atoms with van der Waals surface area (Å²) in [5.41, 5.74) is 2.02. The quantitative estimate of drug-likeness (QED) is 0.459. The average Bonchev–Trinajstić information content (AvgIpc) is 3.48. The van der Waals surface area contributed by atoms with Gasteiger partial charge in [-0.1, -0.05) is 17.7 Å². The third-order valence-electron chi connectivity index (χ3n) is 5.72. The topological polar surface area (TPSA) is 141 Å². The van der Waals surface area contributed by atoms with Gasteiger partial charge in [-0.15, -0.1) is 11.3 Å². The molecule has 4 heterocycles. The zero-order valence-corrected chi connectivity index (χ0v) is 21.7. The maximum atomic E-state index is 13.1. The molecule has 2 aliphatic heterocycles. The number of nitrogens with zero attached hydrogens (tertiary/aromatic N) is 4. The Kier molecular flexibility index (Phi) is 6.43. The molecule has 0 unspecified atom stereocenters. The highest BCUT2D eigenvalue weighted by molar-refractivity contribution is 7.92. The minimum absolute atomic E-state index is 0.0145. The van der Waals surface area contributed by atoms with Gasteiger partial charge < -0.3 is 10.2 Å². The van der Waals surface area contributed by atoms with Crippen molar-refractivity contribution in [2.24, 2.45) is 4.99 Å². The van der Waals surface area contributed by atoms with Crippen molar-refractivity contribution in [2.75, 3.05) is 30.4 Å². The molecule has 0 atom stereocenters. The molecule has 14 heteroatoms. The van der Waals surface area contributed by atoms with E-state index in [0.717, 1.165) is 34.2 Å². The van der Waals surface area contributed by atoms with Crippen LogP contribution in [0.4, 0.5) is 16.3 Å². The minimum Gasteiger partial charge on any atom is -0.358 e. The fourth-order valence-electron chi connectivity index (χ4n) is 4.00. The van der Waals surface area contributed by atoms with Crippen LogP contribution in [0.3, 0.4) is 0 Å². The number of urea groups is 1. The van der Waals surface area contributed by atoms with Crippen LogP contribution >= 0.6 is 22.9 Å². The Morgan fingerprint density at radius 3 is 2.59 bits per heavy atom. The van der Waals surface area contributed by atoms with Crippen LogP contribution in [0.1, 0.15) is 21.5 Å². The third-order valence-corrected chi connectivity index (χ3v) is 8.78. The maximum absolute atomic E-state index is 13.1. The Morgan fingerprint density at radius 2 is 1.95 bits per heavy atom. The van der Waals surface area contributed by atoms with Crippen LogP contribution in [0.15, 0.2) is 57.9 Å². The van der Waals surface area contributed by atoms with E-state index in [-0.39, 0.29) is 26.5 Å². The largest absolute Gasteiger partial charge is 0.358 e. The number of fused-ring (bicyclic) bond motifs is 1. The molecule has 3 aromatic rings. The molecule has 190 valence electrons. The molecule has 4 amide bonds. The van der Waals surface area contributed by atoms with Crippen molar-refractivity contribution in [1.29, 1.82) is 0 Å². The first-order valence-corrected chi connectivity index (χ1v) is 13.6. The standard InChI is InChI=1S/C23H19ClN6O5S2/c1-29-9-8-25-21(29)13-2-4-16-14(10-13)11-19(31)30(22(16)32)18-6-3-15(12-26-18)27-23(33)28-37(34,35)20-7-5-17(24)36-20/h2-7,10,12H,8-9,11H2,1H3,(H2,27,28,33). The van der Waals surface area contributed by atoms with E-state index in [1.54, 1.807) is 6.07 Å². The van der Waals surface area contributed by atoms with E-state index in [1.165, 1.54) is 30.5 Å². The van der Waals surface area contributed by atoms with Crippen LogP contribution in [0.25, 0.3) is 0 Å². The van der Waals surface area contributed by atoms with Gasteiger partial charge in [-0.25, -0.2) is 27.8 Å². The molecule has 2 aliphatic rings. The molecule has 0 saturated heterocycles. The van der Waals surface area contributed by atoms with Crippen LogP contribution in [0, 0.1) is 0 Å². The summed E-state index contributed by atoms with van der Waals surface area (Å²) in [6.07, 6.45) is 1.23. The Bertz CT molecular complexity index is 1570. The molecule has 37 heavy (non-hydrogen) atoms. The van der Waals surface area contributed by atoms with Crippen LogP contribution in [0.2, 0.25) is 4.34 Å².